The zero-order valence-corrected chi connectivity index (χ0v) is 7.24. The van der Waals surface area contributed by atoms with E-state index < -0.39 is 23.0 Å². The molecule has 0 N–H and O–H groups in total. The molecule has 1 nitrogen and oxygen atoms in total. The molecule has 4 heteroatoms. The van der Waals surface area contributed by atoms with E-state index in [-0.39, 0.29) is 0 Å². The van der Waals surface area contributed by atoms with Crippen molar-refractivity contribution in [1.82, 2.24) is 0 Å². The first-order chi connectivity index (χ1) is 6.16. The maximum Gasteiger partial charge on any atom is 0.179 e. The van der Waals surface area contributed by atoms with Crippen molar-refractivity contribution in [1.29, 1.82) is 5.26 Å². The van der Waals surface area contributed by atoms with E-state index in [2.05, 4.69) is 0 Å². The SMILES string of the molecule is CC.N#Cc1c(F)ccc(F)c1F. The molecule has 0 atom stereocenters. The van der Waals surface area contributed by atoms with Gasteiger partial charge in [0.1, 0.15) is 17.4 Å². The van der Waals surface area contributed by atoms with Gasteiger partial charge >= 0.3 is 0 Å². The summed E-state index contributed by atoms with van der Waals surface area (Å²) in [5, 5.41) is 8.13. The van der Waals surface area contributed by atoms with Gasteiger partial charge in [-0.2, -0.15) is 5.26 Å². The molecular formula is C9H8F3N. The van der Waals surface area contributed by atoms with Gasteiger partial charge in [0.05, 0.1) is 0 Å². The first-order valence-corrected chi connectivity index (χ1v) is 3.70. The van der Waals surface area contributed by atoms with E-state index in [4.69, 9.17) is 5.26 Å². The maximum atomic E-state index is 12.4. The molecular weight excluding hydrogens is 179 g/mol. The quantitative estimate of drug-likeness (QED) is 0.573. The molecule has 0 saturated carbocycles. The highest BCUT2D eigenvalue weighted by atomic mass is 19.2. The summed E-state index contributed by atoms with van der Waals surface area (Å²) in [7, 11) is 0. The van der Waals surface area contributed by atoms with Gasteiger partial charge in [0.2, 0.25) is 0 Å². The average molecular weight is 187 g/mol. The Morgan fingerprint density at radius 1 is 1.08 bits per heavy atom. The van der Waals surface area contributed by atoms with Crippen molar-refractivity contribution in [3.63, 3.8) is 0 Å². The summed E-state index contributed by atoms with van der Waals surface area (Å²) >= 11 is 0. The molecule has 0 bridgehead atoms. The standard InChI is InChI=1S/C7H2F3N.C2H6/c8-5-1-2-6(9)7(10)4(5)3-11;1-2/h1-2H;1-2H3. The van der Waals surface area contributed by atoms with E-state index in [1.807, 2.05) is 13.8 Å². The molecule has 1 aromatic carbocycles. The van der Waals surface area contributed by atoms with Crippen molar-refractivity contribution in [2.45, 2.75) is 13.8 Å². The molecule has 0 amide bonds. The molecule has 1 rings (SSSR count). The summed E-state index contributed by atoms with van der Waals surface area (Å²) in [5.74, 6) is -3.71. The van der Waals surface area contributed by atoms with Crippen LogP contribution in [-0.2, 0) is 0 Å². The predicted octanol–water partition coefficient (Wildman–Crippen LogP) is 3.00. The van der Waals surface area contributed by atoms with Gasteiger partial charge in [-0.3, -0.25) is 0 Å². The van der Waals surface area contributed by atoms with Crippen molar-refractivity contribution in [3.8, 4) is 6.07 Å². The Balaban J connectivity index is 0.000000671. The monoisotopic (exact) mass is 187 g/mol. The second-order valence-corrected chi connectivity index (χ2v) is 1.83. The molecule has 0 aliphatic carbocycles. The molecule has 0 spiro atoms. The summed E-state index contributed by atoms with van der Waals surface area (Å²) in [6.45, 7) is 4.00. The van der Waals surface area contributed by atoms with Crippen LogP contribution in [-0.4, -0.2) is 0 Å². The highest BCUT2D eigenvalue weighted by Crippen LogP contribution is 2.13. The Hall–Kier alpha value is -1.50. The van der Waals surface area contributed by atoms with Crippen LogP contribution >= 0.6 is 0 Å². The van der Waals surface area contributed by atoms with Gasteiger partial charge in [0.25, 0.3) is 0 Å². The van der Waals surface area contributed by atoms with Crippen LogP contribution in [0.5, 0.6) is 0 Å². The Kier molecular flexibility index (Phi) is 4.60. The molecule has 0 aliphatic rings. The van der Waals surface area contributed by atoms with E-state index in [1.54, 1.807) is 0 Å². The highest BCUT2D eigenvalue weighted by Gasteiger charge is 2.12. The summed E-state index contributed by atoms with van der Waals surface area (Å²) in [5.41, 5.74) is -0.884. The van der Waals surface area contributed by atoms with Gasteiger partial charge in [-0.15, -0.1) is 0 Å². The Morgan fingerprint density at radius 2 is 1.54 bits per heavy atom. The van der Waals surface area contributed by atoms with Crippen LogP contribution in [0.15, 0.2) is 12.1 Å². The van der Waals surface area contributed by atoms with Crippen molar-refractivity contribution in [2.75, 3.05) is 0 Å². The van der Waals surface area contributed by atoms with Gasteiger partial charge in [0.15, 0.2) is 11.6 Å². The summed E-state index contributed by atoms with van der Waals surface area (Å²) < 4.78 is 37.1. The molecule has 0 unspecified atom stereocenters. The van der Waals surface area contributed by atoms with Crippen molar-refractivity contribution in [2.24, 2.45) is 0 Å². The summed E-state index contributed by atoms with van der Waals surface area (Å²) in [4.78, 5) is 0. The third-order valence-electron chi connectivity index (χ3n) is 1.16. The minimum Gasteiger partial charge on any atom is -0.205 e. The second-order valence-electron chi connectivity index (χ2n) is 1.83. The van der Waals surface area contributed by atoms with E-state index in [1.165, 1.54) is 6.07 Å². The van der Waals surface area contributed by atoms with Crippen LogP contribution in [0.1, 0.15) is 19.4 Å². The largest absolute Gasteiger partial charge is 0.205 e. The van der Waals surface area contributed by atoms with Crippen molar-refractivity contribution >= 4 is 0 Å². The minimum absolute atomic E-state index is 0.630. The Labute approximate surface area is 74.4 Å². The molecule has 0 saturated heterocycles. The number of nitriles is 1. The summed E-state index contributed by atoms with van der Waals surface area (Å²) in [6, 6.07) is 2.55. The van der Waals surface area contributed by atoms with Crippen LogP contribution in [0.4, 0.5) is 13.2 Å². The van der Waals surface area contributed by atoms with E-state index in [0.29, 0.717) is 12.1 Å². The highest BCUT2D eigenvalue weighted by molar-refractivity contribution is 5.32. The fourth-order valence-electron chi connectivity index (χ4n) is 0.630. The van der Waals surface area contributed by atoms with Gasteiger partial charge in [-0.1, -0.05) is 13.8 Å². The van der Waals surface area contributed by atoms with E-state index >= 15 is 0 Å². The Morgan fingerprint density at radius 3 is 1.92 bits per heavy atom. The third kappa shape index (κ3) is 2.48. The number of rotatable bonds is 0. The molecule has 0 aliphatic heterocycles. The van der Waals surface area contributed by atoms with Gasteiger partial charge < -0.3 is 0 Å². The smallest absolute Gasteiger partial charge is 0.179 e. The lowest BCUT2D eigenvalue weighted by molar-refractivity contribution is 0.491. The van der Waals surface area contributed by atoms with Crippen LogP contribution in [0.25, 0.3) is 0 Å². The van der Waals surface area contributed by atoms with Crippen molar-refractivity contribution < 1.29 is 13.2 Å². The predicted molar refractivity (Wildman–Crippen MR) is 42.4 cm³/mol. The van der Waals surface area contributed by atoms with Crippen LogP contribution < -0.4 is 0 Å². The molecule has 13 heavy (non-hydrogen) atoms. The lowest BCUT2D eigenvalue weighted by Gasteiger charge is -1.94. The lowest BCUT2D eigenvalue weighted by Crippen LogP contribution is -1.93. The zero-order chi connectivity index (χ0) is 10.4. The number of hydrogen-bond donors (Lipinski definition) is 0. The first-order valence-electron chi connectivity index (χ1n) is 3.70. The average Bonchev–Trinajstić information content (AvgIpc) is 2.16. The second kappa shape index (κ2) is 5.20. The maximum absolute atomic E-state index is 12.4. The van der Waals surface area contributed by atoms with Crippen LogP contribution in [0, 0.1) is 28.8 Å². The fourth-order valence-corrected chi connectivity index (χ4v) is 0.630. The fraction of sp³-hybridized carbons (Fsp3) is 0.222. The van der Waals surface area contributed by atoms with Crippen molar-refractivity contribution in [3.05, 3.63) is 35.1 Å². The molecule has 1 aromatic rings. The van der Waals surface area contributed by atoms with Gasteiger partial charge in [0, 0.05) is 0 Å². The van der Waals surface area contributed by atoms with Gasteiger partial charge in [-0.25, -0.2) is 13.2 Å². The molecule has 0 fully saturated rings. The zero-order valence-electron chi connectivity index (χ0n) is 7.24. The number of halogens is 3. The normalized spacial score (nSPS) is 8.31. The minimum atomic E-state index is -1.44. The first kappa shape index (κ1) is 11.5. The number of nitrogens with zero attached hydrogens (tertiary/aromatic N) is 1. The third-order valence-corrected chi connectivity index (χ3v) is 1.16. The molecule has 0 aromatic heterocycles. The van der Waals surface area contributed by atoms with E-state index in [0.717, 1.165) is 0 Å². The lowest BCUT2D eigenvalue weighted by atomic mass is 10.2. The Bertz CT molecular complexity index is 328. The number of benzene rings is 1. The molecule has 70 valence electrons. The van der Waals surface area contributed by atoms with Crippen LogP contribution in [0.2, 0.25) is 0 Å². The van der Waals surface area contributed by atoms with Crippen LogP contribution in [0.3, 0.4) is 0 Å². The van der Waals surface area contributed by atoms with Gasteiger partial charge in [-0.05, 0) is 12.1 Å². The summed E-state index contributed by atoms with van der Waals surface area (Å²) in [6.07, 6.45) is 0. The number of hydrogen-bond acceptors (Lipinski definition) is 1. The topological polar surface area (TPSA) is 23.8 Å². The molecule has 0 radical (unpaired) electrons. The van der Waals surface area contributed by atoms with E-state index in [9.17, 15) is 13.2 Å². The molecule has 0 heterocycles.